The van der Waals surface area contributed by atoms with Gasteiger partial charge in [0, 0.05) is 25.4 Å². The molecule has 0 saturated heterocycles. The maximum absolute atomic E-state index is 5.23. The normalized spacial score (nSPS) is 10.0. The van der Waals surface area contributed by atoms with Crippen LogP contribution in [0, 0.1) is 0 Å². The molecule has 0 radical (unpaired) electrons. The number of nitrogen functional groups attached to an aromatic ring is 1. The van der Waals surface area contributed by atoms with Crippen molar-refractivity contribution in [3.05, 3.63) is 24.7 Å². The van der Waals surface area contributed by atoms with Crippen molar-refractivity contribution in [3.8, 4) is 0 Å². The fraction of sp³-hybridized carbons (Fsp3) is 0.125. The molecule has 0 fully saturated rings. The van der Waals surface area contributed by atoms with Crippen LogP contribution in [0.1, 0.15) is 0 Å². The molecule has 0 amide bonds. The van der Waals surface area contributed by atoms with E-state index in [1.54, 1.807) is 10.7 Å². The summed E-state index contributed by atoms with van der Waals surface area (Å²) in [5.74, 6) is 7.13. The maximum atomic E-state index is 5.23. The Labute approximate surface area is 86.3 Å². The standard InChI is InChI=1S/C8H11N7/c1-15-3-2-6(14-15)12-7-4-8(13-9)11-5-10-7/h2-5H,9H2,1H3,(H2,10,11,12,13,14). The summed E-state index contributed by atoms with van der Waals surface area (Å²) in [5.41, 5.74) is 2.44. The molecule has 0 spiro atoms. The molecule has 0 aliphatic carbocycles. The van der Waals surface area contributed by atoms with Gasteiger partial charge in [-0.1, -0.05) is 0 Å². The van der Waals surface area contributed by atoms with Gasteiger partial charge in [0.2, 0.25) is 0 Å². The molecule has 15 heavy (non-hydrogen) atoms. The number of hydrazine groups is 1. The Kier molecular flexibility index (Phi) is 2.46. The lowest BCUT2D eigenvalue weighted by Gasteiger charge is -2.03. The average molecular weight is 205 g/mol. The summed E-state index contributed by atoms with van der Waals surface area (Å²) in [6, 6.07) is 3.53. The van der Waals surface area contributed by atoms with Gasteiger partial charge in [0.25, 0.3) is 0 Å². The molecular weight excluding hydrogens is 194 g/mol. The van der Waals surface area contributed by atoms with Crippen molar-refractivity contribution in [2.24, 2.45) is 12.9 Å². The van der Waals surface area contributed by atoms with Gasteiger partial charge >= 0.3 is 0 Å². The van der Waals surface area contributed by atoms with E-state index in [9.17, 15) is 0 Å². The third-order valence-electron chi connectivity index (χ3n) is 1.78. The van der Waals surface area contributed by atoms with Crippen LogP contribution in [0.4, 0.5) is 17.5 Å². The number of aryl methyl sites for hydroxylation is 1. The molecule has 4 N–H and O–H groups in total. The number of anilines is 3. The Bertz CT molecular complexity index is 450. The van der Waals surface area contributed by atoms with Crippen molar-refractivity contribution in [3.63, 3.8) is 0 Å². The van der Waals surface area contributed by atoms with E-state index in [2.05, 4.69) is 25.8 Å². The molecule has 2 aromatic rings. The van der Waals surface area contributed by atoms with Crippen LogP contribution in [-0.2, 0) is 7.05 Å². The molecule has 0 saturated carbocycles. The predicted octanol–water partition coefficient (Wildman–Crippen LogP) is 0.239. The minimum atomic E-state index is 0.545. The first-order valence-corrected chi connectivity index (χ1v) is 4.33. The highest BCUT2D eigenvalue weighted by Gasteiger charge is 2.00. The molecular formula is C8H11N7. The molecule has 2 rings (SSSR count). The number of rotatable bonds is 3. The minimum Gasteiger partial charge on any atom is -0.323 e. The molecule has 2 aromatic heterocycles. The van der Waals surface area contributed by atoms with Gasteiger partial charge in [-0.3, -0.25) is 4.68 Å². The fourth-order valence-corrected chi connectivity index (χ4v) is 1.12. The Morgan fingerprint density at radius 3 is 2.73 bits per heavy atom. The molecule has 0 aliphatic rings. The second kappa shape index (κ2) is 3.93. The SMILES string of the molecule is Cn1ccc(Nc2cc(NN)ncn2)n1. The lowest BCUT2D eigenvalue weighted by Crippen LogP contribution is -2.09. The van der Waals surface area contributed by atoms with Crippen molar-refractivity contribution in [1.82, 2.24) is 19.7 Å². The largest absolute Gasteiger partial charge is 0.323 e. The Hall–Kier alpha value is -2.15. The van der Waals surface area contributed by atoms with Gasteiger partial charge in [0.1, 0.15) is 18.0 Å². The second-order valence-corrected chi connectivity index (χ2v) is 2.93. The minimum absolute atomic E-state index is 0.545. The van der Waals surface area contributed by atoms with E-state index in [1.165, 1.54) is 6.33 Å². The number of nitrogens with two attached hydrogens (primary N) is 1. The monoisotopic (exact) mass is 205 g/mol. The van der Waals surface area contributed by atoms with Gasteiger partial charge in [0.15, 0.2) is 5.82 Å². The molecule has 0 atom stereocenters. The van der Waals surface area contributed by atoms with E-state index in [0.717, 1.165) is 5.82 Å². The van der Waals surface area contributed by atoms with E-state index in [0.29, 0.717) is 11.6 Å². The van der Waals surface area contributed by atoms with Crippen LogP contribution in [0.25, 0.3) is 0 Å². The third-order valence-corrected chi connectivity index (χ3v) is 1.78. The zero-order valence-electron chi connectivity index (χ0n) is 8.18. The van der Waals surface area contributed by atoms with Crippen molar-refractivity contribution >= 4 is 17.5 Å². The highest BCUT2D eigenvalue weighted by atomic mass is 15.3. The van der Waals surface area contributed by atoms with Gasteiger partial charge in [-0.25, -0.2) is 15.8 Å². The highest BCUT2D eigenvalue weighted by Crippen LogP contribution is 2.12. The molecule has 0 aliphatic heterocycles. The van der Waals surface area contributed by atoms with E-state index < -0.39 is 0 Å². The van der Waals surface area contributed by atoms with Crippen LogP contribution in [0.2, 0.25) is 0 Å². The summed E-state index contributed by atoms with van der Waals surface area (Å²) >= 11 is 0. The predicted molar refractivity (Wildman–Crippen MR) is 56.3 cm³/mol. The van der Waals surface area contributed by atoms with Crippen LogP contribution in [0.3, 0.4) is 0 Å². The molecule has 0 unspecified atom stereocenters. The molecule has 0 aromatic carbocycles. The van der Waals surface area contributed by atoms with E-state index in [4.69, 9.17) is 5.84 Å². The Morgan fingerprint density at radius 1 is 1.27 bits per heavy atom. The quantitative estimate of drug-likeness (QED) is 0.491. The van der Waals surface area contributed by atoms with Crippen molar-refractivity contribution in [2.45, 2.75) is 0 Å². The first-order valence-electron chi connectivity index (χ1n) is 4.33. The Balaban J connectivity index is 2.16. The van der Waals surface area contributed by atoms with Crippen LogP contribution in [-0.4, -0.2) is 19.7 Å². The summed E-state index contributed by atoms with van der Waals surface area (Å²) in [7, 11) is 1.85. The van der Waals surface area contributed by atoms with Crippen LogP contribution < -0.4 is 16.6 Å². The summed E-state index contributed by atoms with van der Waals surface area (Å²) in [4.78, 5) is 7.92. The van der Waals surface area contributed by atoms with Gasteiger partial charge in [-0.2, -0.15) is 5.10 Å². The lowest BCUT2D eigenvalue weighted by atomic mass is 10.5. The van der Waals surface area contributed by atoms with Crippen LogP contribution in [0.5, 0.6) is 0 Å². The number of hydrogen-bond acceptors (Lipinski definition) is 6. The summed E-state index contributed by atoms with van der Waals surface area (Å²) < 4.78 is 1.70. The average Bonchev–Trinajstić information content (AvgIpc) is 2.64. The van der Waals surface area contributed by atoms with Gasteiger partial charge in [-0.05, 0) is 0 Å². The highest BCUT2D eigenvalue weighted by molar-refractivity contribution is 5.54. The van der Waals surface area contributed by atoms with Gasteiger partial charge < -0.3 is 10.7 Å². The summed E-state index contributed by atoms with van der Waals surface area (Å²) in [6.07, 6.45) is 3.26. The van der Waals surface area contributed by atoms with Crippen LogP contribution in [0.15, 0.2) is 24.7 Å². The second-order valence-electron chi connectivity index (χ2n) is 2.93. The zero-order valence-corrected chi connectivity index (χ0v) is 8.18. The van der Waals surface area contributed by atoms with Gasteiger partial charge in [-0.15, -0.1) is 0 Å². The smallest absolute Gasteiger partial charge is 0.153 e. The molecule has 7 nitrogen and oxygen atoms in total. The van der Waals surface area contributed by atoms with Crippen molar-refractivity contribution in [2.75, 3.05) is 10.7 Å². The number of nitrogens with zero attached hydrogens (tertiary/aromatic N) is 4. The topological polar surface area (TPSA) is 93.7 Å². The van der Waals surface area contributed by atoms with E-state index >= 15 is 0 Å². The molecule has 78 valence electrons. The molecule has 0 bridgehead atoms. The number of hydrogen-bond donors (Lipinski definition) is 3. The number of aromatic nitrogens is 4. The first kappa shape index (κ1) is 9.41. The fourth-order valence-electron chi connectivity index (χ4n) is 1.12. The van der Waals surface area contributed by atoms with Crippen LogP contribution >= 0.6 is 0 Å². The third kappa shape index (κ3) is 2.20. The Morgan fingerprint density at radius 2 is 2.07 bits per heavy atom. The van der Waals surface area contributed by atoms with Crippen molar-refractivity contribution < 1.29 is 0 Å². The molecule has 7 heteroatoms. The first-order chi connectivity index (χ1) is 7.28. The van der Waals surface area contributed by atoms with Gasteiger partial charge in [0.05, 0.1) is 0 Å². The zero-order chi connectivity index (χ0) is 10.7. The van der Waals surface area contributed by atoms with E-state index in [1.807, 2.05) is 19.3 Å². The lowest BCUT2D eigenvalue weighted by molar-refractivity contribution is 0.771. The maximum Gasteiger partial charge on any atom is 0.153 e. The van der Waals surface area contributed by atoms with Crippen molar-refractivity contribution in [1.29, 1.82) is 0 Å². The summed E-state index contributed by atoms with van der Waals surface area (Å²) in [6.45, 7) is 0. The number of nitrogens with one attached hydrogen (secondary N) is 2. The molecule has 2 heterocycles. The van der Waals surface area contributed by atoms with E-state index in [-0.39, 0.29) is 0 Å². The summed E-state index contributed by atoms with van der Waals surface area (Å²) in [5, 5.41) is 7.18.